The van der Waals surface area contributed by atoms with E-state index in [-0.39, 0.29) is 25.4 Å². The van der Waals surface area contributed by atoms with E-state index >= 15 is 0 Å². The Hall–Kier alpha value is -1.99. The molecule has 23 heavy (non-hydrogen) atoms. The molecular weight excluding hydrogens is 302 g/mol. The van der Waals surface area contributed by atoms with Crippen LogP contribution < -0.4 is 19.1 Å². The van der Waals surface area contributed by atoms with Gasteiger partial charge in [0.1, 0.15) is 5.75 Å². The predicted octanol–water partition coefficient (Wildman–Crippen LogP) is 0.926. The van der Waals surface area contributed by atoms with Crippen molar-refractivity contribution < 1.29 is 29.2 Å². The van der Waals surface area contributed by atoms with Crippen LogP contribution in [0.4, 0.5) is 5.69 Å². The van der Waals surface area contributed by atoms with Crippen LogP contribution >= 0.6 is 0 Å². The lowest BCUT2D eigenvalue weighted by molar-refractivity contribution is -0.118. The highest BCUT2D eigenvalue weighted by Gasteiger charge is 2.59. The minimum atomic E-state index is -1.46. The number of carbonyl (C=O) groups excluding carboxylic acids is 1. The third-order valence-corrected chi connectivity index (χ3v) is 4.87. The van der Waals surface area contributed by atoms with Gasteiger partial charge in [-0.3, -0.25) is 9.69 Å². The molecule has 0 bridgehead atoms. The molecule has 1 fully saturated rings. The van der Waals surface area contributed by atoms with E-state index in [0.717, 1.165) is 0 Å². The summed E-state index contributed by atoms with van der Waals surface area (Å²) in [5.74, 6) is 0.452. The monoisotopic (exact) mass is 323 g/mol. The van der Waals surface area contributed by atoms with Crippen molar-refractivity contribution in [3.63, 3.8) is 0 Å². The summed E-state index contributed by atoms with van der Waals surface area (Å²) in [5.41, 5.74) is 0.218. The summed E-state index contributed by atoms with van der Waals surface area (Å²) >= 11 is 0. The third-order valence-electron chi connectivity index (χ3n) is 4.87. The van der Waals surface area contributed by atoms with Crippen molar-refractivity contribution in [2.75, 3.05) is 32.8 Å². The van der Waals surface area contributed by atoms with Crippen molar-refractivity contribution in [3.05, 3.63) is 11.1 Å². The number of carbonyl (C=O) groups is 1. The quantitative estimate of drug-likeness (QED) is 0.857. The van der Waals surface area contributed by atoms with Crippen molar-refractivity contribution in [1.82, 2.24) is 0 Å². The number of methoxy groups -OCH3 is 3. The molecular formula is C16H21NO6. The zero-order valence-corrected chi connectivity index (χ0v) is 13.7. The minimum Gasteiger partial charge on any atom is -0.494 e. The molecule has 7 nitrogen and oxygen atoms in total. The highest BCUT2D eigenvalue weighted by molar-refractivity contribution is 6.03. The Balaban J connectivity index is 2.41. The van der Waals surface area contributed by atoms with Crippen LogP contribution in [0.3, 0.4) is 0 Å². The number of hydrogen-bond acceptors (Lipinski definition) is 6. The van der Waals surface area contributed by atoms with E-state index in [1.807, 2.05) is 0 Å². The first-order valence-electron chi connectivity index (χ1n) is 7.44. The number of aliphatic hydroxyl groups is 2. The molecule has 1 aromatic carbocycles. The summed E-state index contributed by atoms with van der Waals surface area (Å²) in [6.45, 7) is 1.48. The molecule has 2 aliphatic rings. The van der Waals surface area contributed by atoms with E-state index in [1.54, 1.807) is 6.92 Å². The van der Waals surface area contributed by atoms with E-state index in [1.165, 1.54) is 26.2 Å². The van der Waals surface area contributed by atoms with Gasteiger partial charge < -0.3 is 24.4 Å². The average Bonchev–Trinajstić information content (AvgIpc) is 2.97. The molecule has 1 aromatic rings. The Labute approximate surface area is 134 Å². The molecule has 2 heterocycles. The van der Waals surface area contributed by atoms with Gasteiger partial charge in [0.05, 0.1) is 39.5 Å². The van der Waals surface area contributed by atoms with E-state index in [0.29, 0.717) is 34.1 Å². The zero-order valence-electron chi connectivity index (χ0n) is 13.7. The van der Waals surface area contributed by atoms with E-state index in [2.05, 4.69) is 0 Å². The Morgan fingerprint density at radius 1 is 1.17 bits per heavy atom. The Bertz CT molecular complexity index is 673. The standard InChI is InChI=1S/C16H21NO6/c1-8-13(21-2)12-11(15(23-4)14(8)22-3)9(7-18)16(20)6-5-10(19)17(12)16/h9,18,20H,5-7H2,1-4H3/t9-,16-/m1/s1. The maximum atomic E-state index is 12.4. The molecule has 1 amide bonds. The average molecular weight is 323 g/mol. The molecule has 7 heteroatoms. The summed E-state index contributed by atoms with van der Waals surface area (Å²) in [6.07, 6.45) is 0.475. The van der Waals surface area contributed by atoms with Gasteiger partial charge in [0.2, 0.25) is 5.91 Å². The number of benzene rings is 1. The van der Waals surface area contributed by atoms with Gasteiger partial charge in [-0.15, -0.1) is 0 Å². The van der Waals surface area contributed by atoms with E-state index in [4.69, 9.17) is 14.2 Å². The second-order valence-corrected chi connectivity index (χ2v) is 5.83. The molecule has 3 rings (SSSR count). The minimum absolute atomic E-state index is 0.199. The fourth-order valence-corrected chi connectivity index (χ4v) is 3.89. The number of anilines is 1. The van der Waals surface area contributed by atoms with Crippen LogP contribution in [0.1, 0.15) is 29.9 Å². The molecule has 2 atom stereocenters. The number of rotatable bonds is 4. The maximum Gasteiger partial charge on any atom is 0.229 e. The van der Waals surface area contributed by atoms with Crippen LogP contribution in [0, 0.1) is 6.92 Å². The summed E-state index contributed by atoms with van der Waals surface area (Å²) in [6, 6.07) is 0. The van der Waals surface area contributed by atoms with Crippen LogP contribution in [0.2, 0.25) is 0 Å². The molecule has 0 aliphatic carbocycles. The zero-order chi connectivity index (χ0) is 16.9. The van der Waals surface area contributed by atoms with Gasteiger partial charge in [0.25, 0.3) is 0 Å². The number of aliphatic hydroxyl groups excluding tert-OH is 1. The van der Waals surface area contributed by atoms with Gasteiger partial charge in [-0.05, 0) is 6.92 Å². The molecule has 1 saturated heterocycles. The van der Waals surface area contributed by atoms with Gasteiger partial charge in [-0.25, -0.2) is 0 Å². The van der Waals surface area contributed by atoms with Crippen molar-refractivity contribution in [1.29, 1.82) is 0 Å². The molecule has 0 unspecified atom stereocenters. The molecule has 0 saturated carbocycles. The van der Waals surface area contributed by atoms with Crippen LogP contribution in [-0.4, -0.2) is 49.8 Å². The normalized spacial score (nSPS) is 25.4. The Morgan fingerprint density at radius 2 is 1.78 bits per heavy atom. The lowest BCUT2D eigenvalue weighted by Crippen LogP contribution is -2.46. The molecule has 2 aliphatic heterocycles. The summed E-state index contributed by atoms with van der Waals surface area (Å²) < 4.78 is 16.4. The fraction of sp³-hybridized carbons (Fsp3) is 0.562. The number of fused-ring (bicyclic) bond motifs is 3. The van der Waals surface area contributed by atoms with Crippen LogP contribution in [0.5, 0.6) is 17.2 Å². The predicted molar refractivity (Wildman–Crippen MR) is 82.3 cm³/mol. The maximum absolute atomic E-state index is 12.4. The number of amides is 1. The Kier molecular flexibility index (Phi) is 3.65. The number of nitrogens with zero attached hydrogens (tertiary/aromatic N) is 1. The van der Waals surface area contributed by atoms with Gasteiger partial charge in [0, 0.05) is 24.0 Å². The topological polar surface area (TPSA) is 88.5 Å². The van der Waals surface area contributed by atoms with Crippen LogP contribution in [0.15, 0.2) is 0 Å². The first-order chi connectivity index (χ1) is 11.0. The van der Waals surface area contributed by atoms with Gasteiger partial charge in [-0.2, -0.15) is 0 Å². The molecule has 2 N–H and O–H groups in total. The van der Waals surface area contributed by atoms with E-state index < -0.39 is 11.6 Å². The van der Waals surface area contributed by atoms with Gasteiger partial charge in [0.15, 0.2) is 17.2 Å². The summed E-state index contributed by atoms with van der Waals surface area (Å²) in [5, 5.41) is 21.0. The first kappa shape index (κ1) is 15.9. The van der Waals surface area contributed by atoms with Crippen molar-refractivity contribution in [2.45, 2.75) is 31.4 Å². The molecule has 126 valence electrons. The van der Waals surface area contributed by atoms with Crippen molar-refractivity contribution in [3.8, 4) is 17.2 Å². The van der Waals surface area contributed by atoms with Crippen LogP contribution in [-0.2, 0) is 4.79 Å². The third kappa shape index (κ3) is 1.80. The van der Waals surface area contributed by atoms with Crippen molar-refractivity contribution >= 4 is 11.6 Å². The van der Waals surface area contributed by atoms with Gasteiger partial charge in [-0.1, -0.05) is 0 Å². The van der Waals surface area contributed by atoms with Crippen molar-refractivity contribution in [2.24, 2.45) is 0 Å². The van der Waals surface area contributed by atoms with Gasteiger partial charge >= 0.3 is 0 Å². The van der Waals surface area contributed by atoms with E-state index in [9.17, 15) is 15.0 Å². The SMILES string of the molecule is COc1c(C)c(OC)c2c(c1OC)[C@@H](CO)[C@]1(O)CCC(=O)N21. The summed E-state index contributed by atoms with van der Waals surface area (Å²) in [4.78, 5) is 13.7. The van der Waals surface area contributed by atoms with Crippen LogP contribution in [0.25, 0.3) is 0 Å². The largest absolute Gasteiger partial charge is 0.494 e. The lowest BCUT2D eigenvalue weighted by Gasteiger charge is -2.30. The fourth-order valence-electron chi connectivity index (χ4n) is 3.89. The second-order valence-electron chi connectivity index (χ2n) is 5.83. The number of ether oxygens (including phenoxy) is 3. The molecule has 0 aromatic heterocycles. The smallest absolute Gasteiger partial charge is 0.229 e. The highest BCUT2D eigenvalue weighted by atomic mass is 16.5. The second kappa shape index (κ2) is 5.28. The molecule has 0 radical (unpaired) electrons. The summed E-state index contributed by atoms with van der Waals surface area (Å²) in [7, 11) is 4.51. The lowest BCUT2D eigenvalue weighted by atomic mass is 9.89. The first-order valence-corrected chi connectivity index (χ1v) is 7.44. The Morgan fingerprint density at radius 3 is 2.30 bits per heavy atom. The number of hydrogen-bond donors (Lipinski definition) is 2. The molecule has 0 spiro atoms. The highest BCUT2D eigenvalue weighted by Crippen LogP contribution is 2.61.